The van der Waals surface area contributed by atoms with E-state index in [1.54, 1.807) is 0 Å². The van der Waals surface area contributed by atoms with Crippen molar-refractivity contribution in [2.75, 3.05) is 44.2 Å². The van der Waals surface area contributed by atoms with Crippen LogP contribution in [0.15, 0.2) is 24.3 Å². The molecule has 0 unspecified atom stereocenters. The van der Waals surface area contributed by atoms with Crippen molar-refractivity contribution in [1.82, 2.24) is 4.90 Å². The van der Waals surface area contributed by atoms with E-state index in [1.165, 1.54) is 31.4 Å². The van der Waals surface area contributed by atoms with E-state index >= 15 is 0 Å². The highest BCUT2D eigenvalue weighted by Gasteiger charge is 2.65. The molecule has 6 atom stereocenters. The van der Waals surface area contributed by atoms with Crippen LogP contribution < -0.4 is 4.90 Å². The molecule has 0 radical (unpaired) electrons. The lowest BCUT2D eigenvalue weighted by molar-refractivity contribution is -0.147. The van der Waals surface area contributed by atoms with Crippen molar-refractivity contribution in [3.63, 3.8) is 0 Å². The Labute approximate surface area is 183 Å². The summed E-state index contributed by atoms with van der Waals surface area (Å²) in [7, 11) is 0. The summed E-state index contributed by atoms with van der Waals surface area (Å²) >= 11 is 0. The molecular formula is C25H33FN2O3. The Balaban J connectivity index is 1.11. The molecular weight excluding hydrogens is 395 g/mol. The van der Waals surface area contributed by atoms with Crippen LogP contribution in [0.2, 0.25) is 0 Å². The molecule has 31 heavy (non-hydrogen) atoms. The van der Waals surface area contributed by atoms with Crippen LogP contribution in [0.4, 0.5) is 10.1 Å². The van der Waals surface area contributed by atoms with Crippen LogP contribution in [-0.4, -0.2) is 61.9 Å². The molecule has 2 saturated carbocycles. The molecule has 6 heteroatoms. The number of anilines is 1. The van der Waals surface area contributed by atoms with Gasteiger partial charge in [-0.15, -0.1) is 0 Å². The number of hydrogen-bond donors (Lipinski definition) is 0. The number of fused-ring (bicyclic) bond motifs is 3. The number of benzene rings is 1. The van der Waals surface area contributed by atoms with Gasteiger partial charge in [-0.3, -0.25) is 9.69 Å². The van der Waals surface area contributed by atoms with Gasteiger partial charge in [0, 0.05) is 44.3 Å². The van der Waals surface area contributed by atoms with Gasteiger partial charge in [0.05, 0.1) is 18.1 Å². The zero-order chi connectivity index (χ0) is 21.2. The minimum atomic E-state index is -0.198. The highest BCUT2D eigenvalue weighted by molar-refractivity contribution is 5.75. The van der Waals surface area contributed by atoms with Crippen molar-refractivity contribution >= 4 is 11.7 Å². The summed E-state index contributed by atoms with van der Waals surface area (Å²) in [5.74, 6) is 0.715. The molecule has 6 rings (SSSR count). The predicted octanol–water partition coefficient (Wildman–Crippen LogP) is 3.47. The molecule has 3 aliphatic heterocycles. The van der Waals surface area contributed by atoms with Crippen molar-refractivity contribution in [3.8, 4) is 0 Å². The second kappa shape index (κ2) is 7.17. The first-order valence-electron chi connectivity index (χ1n) is 12.0. The first-order chi connectivity index (χ1) is 15.0. The molecule has 5 fully saturated rings. The van der Waals surface area contributed by atoms with Crippen LogP contribution in [0.1, 0.15) is 39.0 Å². The number of rotatable bonds is 3. The molecule has 5 aliphatic rings. The van der Waals surface area contributed by atoms with Crippen molar-refractivity contribution in [3.05, 3.63) is 30.1 Å². The molecule has 0 aromatic heterocycles. The molecule has 1 aromatic carbocycles. The molecule has 3 saturated heterocycles. The third kappa shape index (κ3) is 3.37. The van der Waals surface area contributed by atoms with Gasteiger partial charge in [0.2, 0.25) is 0 Å². The normalized spacial score (nSPS) is 42.3. The van der Waals surface area contributed by atoms with Crippen molar-refractivity contribution in [1.29, 1.82) is 0 Å². The first-order valence-corrected chi connectivity index (χ1v) is 12.0. The van der Waals surface area contributed by atoms with E-state index in [9.17, 15) is 9.18 Å². The SMILES string of the molecule is C[C@]12CCC[C@]3(CO3)[C@@H]1C[C@H]1[C@@H](C2)OC(=O)[C@@H]1CN1CCN(c2ccc(F)cc2)CC1. The Kier molecular flexibility index (Phi) is 4.62. The van der Waals surface area contributed by atoms with Crippen molar-refractivity contribution in [2.24, 2.45) is 23.2 Å². The lowest BCUT2D eigenvalue weighted by Crippen LogP contribution is -2.52. The Bertz CT molecular complexity index is 849. The van der Waals surface area contributed by atoms with E-state index in [1.807, 2.05) is 12.1 Å². The van der Waals surface area contributed by atoms with Gasteiger partial charge in [0.25, 0.3) is 0 Å². The van der Waals surface area contributed by atoms with E-state index in [2.05, 4.69) is 16.7 Å². The summed E-state index contributed by atoms with van der Waals surface area (Å²) in [5, 5.41) is 0. The first kappa shape index (κ1) is 20.0. The fourth-order valence-corrected chi connectivity index (χ4v) is 7.28. The molecule has 3 heterocycles. The van der Waals surface area contributed by atoms with Gasteiger partial charge < -0.3 is 14.4 Å². The number of piperazine rings is 1. The van der Waals surface area contributed by atoms with Crippen molar-refractivity contribution < 1.29 is 18.7 Å². The summed E-state index contributed by atoms with van der Waals surface area (Å²) in [5.41, 5.74) is 1.43. The van der Waals surface area contributed by atoms with Gasteiger partial charge in [-0.05, 0) is 67.7 Å². The minimum Gasteiger partial charge on any atom is -0.462 e. The van der Waals surface area contributed by atoms with Gasteiger partial charge in [0.1, 0.15) is 11.9 Å². The second-order valence-electron chi connectivity index (χ2n) is 10.9. The summed E-state index contributed by atoms with van der Waals surface area (Å²) in [6.45, 7) is 7.77. The van der Waals surface area contributed by atoms with Crippen LogP contribution in [-0.2, 0) is 14.3 Å². The highest BCUT2D eigenvalue weighted by atomic mass is 19.1. The van der Waals surface area contributed by atoms with Gasteiger partial charge in [0.15, 0.2) is 0 Å². The quantitative estimate of drug-likeness (QED) is 0.545. The van der Waals surface area contributed by atoms with Gasteiger partial charge in [-0.2, -0.15) is 0 Å². The van der Waals surface area contributed by atoms with E-state index in [-0.39, 0.29) is 34.8 Å². The monoisotopic (exact) mass is 428 g/mol. The summed E-state index contributed by atoms with van der Waals surface area (Å²) in [6, 6.07) is 6.75. The maximum atomic E-state index is 13.2. The number of epoxide rings is 1. The zero-order valence-electron chi connectivity index (χ0n) is 18.4. The highest BCUT2D eigenvalue weighted by Crippen LogP contribution is 2.62. The maximum Gasteiger partial charge on any atom is 0.310 e. The molecule has 0 N–H and O–H groups in total. The van der Waals surface area contributed by atoms with E-state index in [4.69, 9.17) is 9.47 Å². The molecule has 0 amide bonds. The zero-order valence-corrected chi connectivity index (χ0v) is 18.4. The van der Waals surface area contributed by atoms with Gasteiger partial charge >= 0.3 is 5.97 Å². The Morgan fingerprint density at radius 3 is 2.58 bits per heavy atom. The van der Waals surface area contributed by atoms with Crippen LogP contribution in [0.3, 0.4) is 0 Å². The number of carbonyl (C=O) groups excluding carboxylic acids is 1. The standard InChI is InChI=1S/C25H33FN2O3/c1-24-7-2-8-25(16-30-25)22(24)13-19-20(23(29)31-21(19)14-24)15-27-9-11-28(12-10-27)18-5-3-17(26)4-6-18/h3-6,19-22H,2,7-16H2,1H3/t19-,20-,21-,22-,24-,25+/m1/s1. The molecule has 1 aromatic rings. The van der Waals surface area contributed by atoms with Crippen LogP contribution in [0.5, 0.6) is 0 Å². The smallest absolute Gasteiger partial charge is 0.310 e. The number of halogens is 1. The molecule has 2 aliphatic carbocycles. The average molecular weight is 429 g/mol. The summed E-state index contributed by atoms with van der Waals surface area (Å²) in [4.78, 5) is 17.6. The lowest BCUT2D eigenvalue weighted by atomic mass is 9.53. The number of nitrogens with zero attached hydrogens (tertiary/aromatic N) is 2. The van der Waals surface area contributed by atoms with E-state index in [0.717, 1.165) is 57.9 Å². The number of ether oxygens (including phenoxy) is 2. The number of hydrogen-bond acceptors (Lipinski definition) is 5. The molecule has 5 nitrogen and oxygen atoms in total. The largest absolute Gasteiger partial charge is 0.462 e. The minimum absolute atomic E-state index is 0.00959. The summed E-state index contributed by atoms with van der Waals surface area (Å²) in [6.07, 6.45) is 5.84. The molecule has 168 valence electrons. The third-order valence-electron chi connectivity index (χ3n) is 9.10. The third-order valence-corrected chi connectivity index (χ3v) is 9.10. The van der Waals surface area contributed by atoms with E-state index in [0.29, 0.717) is 11.8 Å². The summed E-state index contributed by atoms with van der Waals surface area (Å²) < 4.78 is 25.2. The Morgan fingerprint density at radius 2 is 1.87 bits per heavy atom. The fraction of sp³-hybridized carbons (Fsp3) is 0.720. The van der Waals surface area contributed by atoms with Crippen LogP contribution >= 0.6 is 0 Å². The molecule has 0 bridgehead atoms. The maximum absolute atomic E-state index is 13.2. The van der Waals surface area contributed by atoms with E-state index < -0.39 is 0 Å². The van der Waals surface area contributed by atoms with Crippen LogP contribution in [0.25, 0.3) is 0 Å². The second-order valence-corrected chi connectivity index (χ2v) is 10.9. The predicted molar refractivity (Wildman–Crippen MR) is 115 cm³/mol. The van der Waals surface area contributed by atoms with Gasteiger partial charge in [-0.25, -0.2) is 4.39 Å². The Morgan fingerprint density at radius 1 is 1.13 bits per heavy atom. The number of carbonyl (C=O) groups is 1. The van der Waals surface area contributed by atoms with Gasteiger partial charge in [-0.1, -0.05) is 6.92 Å². The van der Waals surface area contributed by atoms with Crippen LogP contribution in [0, 0.1) is 29.0 Å². The average Bonchev–Trinajstić information content (AvgIpc) is 3.46. The Hall–Kier alpha value is -1.66. The van der Waals surface area contributed by atoms with Crippen molar-refractivity contribution in [2.45, 2.75) is 50.7 Å². The lowest BCUT2D eigenvalue weighted by Gasteiger charge is -2.51. The fourth-order valence-electron chi connectivity index (χ4n) is 7.28. The topological polar surface area (TPSA) is 45.3 Å². The molecule has 1 spiro atoms. The number of esters is 1.